The molecule has 1 heterocycles. The number of cyclic esters (lactones) is 1. The fraction of sp³-hybridized carbons (Fsp3) is 0.417. The lowest BCUT2D eigenvalue weighted by atomic mass is 10.2. The molecule has 1 aromatic rings. The van der Waals surface area contributed by atoms with Crippen LogP contribution in [0.2, 0.25) is 0 Å². The maximum atomic E-state index is 11.5. The average Bonchev–Trinajstić information content (AvgIpc) is 2.33. The van der Waals surface area contributed by atoms with Gasteiger partial charge >= 0.3 is 6.09 Å². The van der Waals surface area contributed by atoms with E-state index in [4.69, 9.17) is 9.47 Å². The number of hydrogen-bond acceptors (Lipinski definition) is 3. The third-order valence-corrected chi connectivity index (χ3v) is 2.62. The van der Waals surface area contributed by atoms with Crippen LogP contribution in [0.5, 0.6) is 0 Å². The average molecular weight is 221 g/mol. The van der Waals surface area contributed by atoms with Gasteiger partial charge in [-0.3, -0.25) is 0 Å². The first-order valence-corrected chi connectivity index (χ1v) is 5.28. The molecular formula is C12H15NO3. The van der Waals surface area contributed by atoms with Crippen molar-refractivity contribution in [2.24, 2.45) is 0 Å². The van der Waals surface area contributed by atoms with Crippen LogP contribution in [0.25, 0.3) is 0 Å². The standard InChI is InChI=1S/C12H15NO3/c1-15-11-8-13(12(14)16-9-11)7-10-5-3-2-4-6-10/h2-6,11H,7-9H2,1H3/t11-/m0/s1. The minimum absolute atomic E-state index is 0.0265. The number of carbonyl (C=O) groups excluding carboxylic acids is 1. The van der Waals surface area contributed by atoms with Crippen LogP contribution < -0.4 is 0 Å². The Bertz CT molecular complexity index is 353. The molecule has 1 atom stereocenters. The maximum Gasteiger partial charge on any atom is 0.410 e. The minimum Gasteiger partial charge on any atom is -0.447 e. The smallest absolute Gasteiger partial charge is 0.410 e. The Kier molecular flexibility index (Phi) is 3.41. The van der Waals surface area contributed by atoms with Gasteiger partial charge in [-0.1, -0.05) is 30.3 Å². The largest absolute Gasteiger partial charge is 0.447 e. The van der Waals surface area contributed by atoms with Crippen molar-refractivity contribution >= 4 is 6.09 Å². The molecule has 2 rings (SSSR count). The van der Waals surface area contributed by atoms with E-state index in [2.05, 4.69) is 0 Å². The molecule has 4 nitrogen and oxygen atoms in total. The summed E-state index contributed by atoms with van der Waals surface area (Å²) in [5.41, 5.74) is 1.09. The van der Waals surface area contributed by atoms with Crippen molar-refractivity contribution in [3.05, 3.63) is 35.9 Å². The summed E-state index contributed by atoms with van der Waals surface area (Å²) in [5.74, 6) is 0. The summed E-state index contributed by atoms with van der Waals surface area (Å²) in [4.78, 5) is 13.2. The van der Waals surface area contributed by atoms with Crippen LogP contribution in [0.3, 0.4) is 0 Å². The highest BCUT2D eigenvalue weighted by molar-refractivity contribution is 5.68. The van der Waals surface area contributed by atoms with Gasteiger partial charge < -0.3 is 14.4 Å². The Morgan fingerprint density at radius 2 is 2.19 bits per heavy atom. The molecule has 1 saturated heterocycles. The van der Waals surface area contributed by atoms with E-state index in [-0.39, 0.29) is 12.2 Å². The van der Waals surface area contributed by atoms with Crippen LogP contribution in [-0.4, -0.2) is 37.4 Å². The van der Waals surface area contributed by atoms with Gasteiger partial charge in [-0.05, 0) is 5.56 Å². The van der Waals surface area contributed by atoms with E-state index in [1.807, 2.05) is 30.3 Å². The number of carbonyl (C=O) groups is 1. The molecule has 0 aliphatic carbocycles. The highest BCUT2D eigenvalue weighted by atomic mass is 16.6. The number of rotatable bonds is 3. The van der Waals surface area contributed by atoms with Crippen molar-refractivity contribution in [1.29, 1.82) is 0 Å². The van der Waals surface area contributed by atoms with Gasteiger partial charge in [0.05, 0.1) is 6.54 Å². The van der Waals surface area contributed by atoms with Gasteiger partial charge in [0, 0.05) is 13.7 Å². The van der Waals surface area contributed by atoms with Crippen LogP contribution in [0.4, 0.5) is 4.79 Å². The van der Waals surface area contributed by atoms with Crippen molar-refractivity contribution in [1.82, 2.24) is 4.90 Å². The van der Waals surface area contributed by atoms with E-state index in [0.29, 0.717) is 19.7 Å². The lowest BCUT2D eigenvalue weighted by molar-refractivity contribution is -0.0288. The van der Waals surface area contributed by atoms with Crippen LogP contribution in [-0.2, 0) is 16.0 Å². The molecule has 1 aromatic carbocycles. The zero-order chi connectivity index (χ0) is 11.4. The Balaban J connectivity index is 2.00. The molecule has 1 amide bonds. The summed E-state index contributed by atoms with van der Waals surface area (Å²) in [5, 5.41) is 0. The first-order valence-electron chi connectivity index (χ1n) is 5.28. The van der Waals surface area contributed by atoms with Crippen molar-refractivity contribution < 1.29 is 14.3 Å². The van der Waals surface area contributed by atoms with Gasteiger partial charge in [-0.15, -0.1) is 0 Å². The normalized spacial score (nSPS) is 20.7. The summed E-state index contributed by atoms with van der Waals surface area (Å²) < 4.78 is 10.2. The molecule has 0 bridgehead atoms. The van der Waals surface area contributed by atoms with Gasteiger partial charge in [0.1, 0.15) is 12.7 Å². The van der Waals surface area contributed by atoms with E-state index < -0.39 is 0 Å². The number of amides is 1. The van der Waals surface area contributed by atoms with Crippen molar-refractivity contribution in [3.8, 4) is 0 Å². The lowest BCUT2D eigenvalue weighted by Crippen LogP contribution is -2.45. The van der Waals surface area contributed by atoms with E-state index in [1.165, 1.54) is 0 Å². The fourth-order valence-corrected chi connectivity index (χ4v) is 1.70. The van der Waals surface area contributed by atoms with E-state index in [9.17, 15) is 4.79 Å². The Morgan fingerprint density at radius 3 is 2.88 bits per heavy atom. The predicted molar refractivity (Wildman–Crippen MR) is 59.0 cm³/mol. The van der Waals surface area contributed by atoms with Crippen molar-refractivity contribution in [2.75, 3.05) is 20.3 Å². The zero-order valence-electron chi connectivity index (χ0n) is 9.26. The molecule has 1 fully saturated rings. The number of nitrogens with zero attached hydrogens (tertiary/aromatic N) is 1. The first kappa shape index (κ1) is 11.0. The second-order valence-electron chi connectivity index (χ2n) is 3.80. The molecule has 0 N–H and O–H groups in total. The quantitative estimate of drug-likeness (QED) is 0.779. The van der Waals surface area contributed by atoms with Crippen LogP contribution in [0, 0.1) is 0 Å². The second kappa shape index (κ2) is 4.99. The molecule has 0 aromatic heterocycles. The molecule has 16 heavy (non-hydrogen) atoms. The number of ether oxygens (including phenoxy) is 2. The van der Waals surface area contributed by atoms with Crippen LogP contribution in [0.15, 0.2) is 30.3 Å². The van der Waals surface area contributed by atoms with Gasteiger partial charge in [-0.25, -0.2) is 4.79 Å². The number of methoxy groups -OCH3 is 1. The zero-order valence-corrected chi connectivity index (χ0v) is 9.26. The van der Waals surface area contributed by atoms with Gasteiger partial charge in [0.25, 0.3) is 0 Å². The maximum absolute atomic E-state index is 11.5. The fourth-order valence-electron chi connectivity index (χ4n) is 1.70. The lowest BCUT2D eigenvalue weighted by Gasteiger charge is -2.31. The third-order valence-electron chi connectivity index (χ3n) is 2.62. The first-order chi connectivity index (χ1) is 7.79. The molecule has 0 unspecified atom stereocenters. The van der Waals surface area contributed by atoms with Gasteiger partial charge in [0.15, 0.2) is 0 Å². The van der Waals surface area contributed by atoms with E-state index >= 15 is 0 Å². The molecular weight excluding hydrogens is 206 g/mol. The van der Waals surface area contributed by atoms with Gasteiger partial charge in [-0.2, -0.15) is 0 Å². The minimum atomic E-state index is -0.267. The molecule has 4 heteroatoms. The number of hydrogen-bond donors (Lipinski definition) is 0. The van der Waals surface area contributed by atoms with Crippen LogP contribution in [0.1, 0.15) is 5.56 Å². The summed E-state index contributed by atoms with van der Waals surface area (Å²) in [6, 6.07) is 9.85. The molecule has 0 radical (unpaired) electrons. The van der Waals surface area contributed by atoms with E-state index in [1.54, 1.807) is 12.0 Å². The van der Waals surface area contributed by atoms with Crippen molar-refractivity contribution in [3.63, 3.8) is 0 Å². The topological polar surface area (TPSA) is 38.8 Å². The predicted octanol–water partition coefficient (Wildman–Crippen LogP) is 1.65. The summed E-state index contributed by atoms with van der Waals surface area (Å²) in [6.45, 7) is 1.50. The Hall–Kier alpha value is -1.55. The molecule has 0 saturated carbocycles. The monoisotopic (exact) mass is 221 g/mol. The Labute approximate surface area is 94.8 Å². The molecule has 1 aliphatic heterocycles. The summed E-state index contributed by atoms with van der Waals surface area (Å²) in [6.07, 6.45) is -0.293. The summed E-state index contributed by atoms with van der Waals surface area (Å²) in [7, 11) is 1.63. The highest BCUT2D eigenvalue weighted by Gasteiger charge is 2.26. The third kappa shape index (κ3) is 2.52. The molecule has 0 spiro atoms. The number of benzene rings is 1. The SMILES string of the molecule is CO[C@@H]1COC(=O)N(Cc2ccccc2)C1. The summed E-state index contributed by atoms with van der Waals surface area (Å²) >= 11 is 0. The molecule has 1 aliphatic rings. The second-order valence-corrected chi connectivity index (χ2v) is 3.80. The molecule has 86 valence electrons. The highest BCUT2D eigenvalue weighted by Crippen LogP contribution is 2.12. The van der Waals surface area contributed by atoms with Crippen LogP contribution >= 0.6 is 0 Å². The van der Waals surface area contributed by atoms with Crippen molar-refractivity contribution in [2.45, 2.75) is 12.6 Å². The van der Waals surface area contributed by atoms with Gasteiger partial charge in [0.2, 0.25) is 0 Å². The van der Waals surface area contributed by atoms with E-state index in [0.717, 1.165) is 5.56 Å². The Morgan fingerprint density at radius 1 is 1.44 bits per heavy atom.